The monoisotopic (exact) mass is 246 g/mol. The molecule has 1 aromatic carbocycles. The van der Waals surface area contributed by atoms with Crippen LogP contribution >= 0.6 is 0 Å². The van der Waals surface area contributed by atoms with Crippen molar-refractivity contribution in [3.63, 3.8) is 0 Å². The second-order valence-electron chi connectivity index (χ2n) is 3.86. The van der Waals surface area contributed by atoms with Gasteiger partial charge in [0.25, 0.3) is 0 Å². The molecule has 0 saturated carbocycles. The molecule has 1 atom stereocenters. The predicted octanol–water partition coefficient (Wildman–Crippen LogP) is 2.66. The van der Waals surface area contributed by atoms with Crippen LogP contribution in [-0.2, 0) is 11.0 Å². The molecule has 0 aliphatic carbocycles. The van der Waals surface area contributed by atoms with Crippen LogP contribution in [0.3, 0.4) is 0 Å². The number of hydrogen-bond donors (Lipinski definition) is 1. The lowest BCUT2D eigenvalue weighted by molar-refractivity contribution is -0.138. The molecular formula is C11H9F3O3. The molecule has 1 N–H and O–H groups in total. The van der Waals surface area contributed by atoms with E-state index in [-0.39, 0.29) is 13.0 Å². The first-order valence-electron chi connectivity index (χ1n) is 4.93. The van der Waals surface area contributed by atoms with Crippen LogP contribution in [0, 0.1) is 0 Å². The third-order valence-electron chi connectivity index (χ3n) is 2.64. The van der Waals surface area contributed by atoms with Gasteiger partial charge in [-0.1, -0.05) is 0 Å². The Balaban J connectivity index is 2.34. The summed E-state index contributed by atoms with van der Waals surface area (Å²) in [7, 11) is 0. The van der Waals surface area contributed by atoms with Crippen molar-refractivity contribution in [3.8, 4) is 5.75 Å². The first-order valence-corrected chi connectivity index (χ1v) is 4.93. The summed E-state index contributed by atoms with van der Waals surface area (Å²) in [5, 5.41) is 8.65. The molecule has 1 heterocycles. The Bertz CT molecular complexity index is 454. The van der Waals surface area contributed by atoms with Crippen LogP contribution in [-0.4, -0.2) is 17.7 Å². The third kappa shape index (κ3) is 2.35. The molecule has 0 unspecified atom stereocenters. The molecule has 92 valence electrons. The van der Waals surface area contributed by atoms with E-state index in [0.717, 1.165) is 12.1 Å². The zero-order valence-electron chi connectivity index (χ0n) is 8.62. The van der Waals surface area contributed by atoms with Gasteiger partial charge < -0.3 is 9.84 Å². The predicted molar refractivity (Wildman–Crippen MR) is 51.9 cm³/mol. The van der Waals surface area contributed by atoms with Gasteiger partial charge in [0.15, 0.2) is 0 Å². The van der Waals surface area contributed by atoms with E-state index in [4.69, 9.17) is 9.84 Å². The molecule has 17 heavy (non-hydrogen) atoms. The molecule has 0 bridgehead atoms. The van der Waals surface area contributed by atoms with Crippen LogP contribution in [0.15, 0.2) is 18.2 Å². The Labute approximate surface area is 94.8 Å². The molecule has 2 rings (SSSR count). The summed E-state index contributed by atoms with van der Waals surface area (Å²) < 4.78 is 42.6. The quantitative estimate of drug-likeness (QED) is 0.872. The zero-order valence-corrected chi connectivity index (χ0v) is 8.62. The normalized spacial score (nSPS) is 18.6. The number of aliphatic carboxylic acids is 1. The molecule has 1 aliphatic rings. The molecule has 3 nitrogen and oxygen atoms in total. The first kappa shape index (κ1) is 11.8. The second-order valence-corrected chi connectivity index (χ2v) is 3.86. The molecule has 0 fully saturated rings. The zero-order chi connectivity index (χ0) is 12.6. The molecule has 6 heteroatoms. The van der Waals surface area contributed by atoms with Gasteiger partial charge in [0, 0.05) is 11.5 Å². The van der Waals surface area contributed by atoms with Crippen molar-refractivity contribution in [2.24, 2.45) is 0 Å². The minimum atomic E-state index is -4.43. The lowest BCUT2D eigenvalue weighted by atomic mass is 9.96. The first-order chi connectivity index (χ1) is 7.88. The summed E-state index contributed by atoms with van der Waals surface area (Å²) in [6.07, 6.45) is -4.65. The highest BCUT2D eigenvalue weighted by molar-refractivity contribution is 5.68. The van der Waals surface area contributed by atoms with Gasteiger partial charge in [0.05, 0.1) is 18.6 Å². The number of carbonyl (C=O) groups is 1. The fraction of sp³-hybridized carbons (Fsp3) is 0.364. The van der Waals surface area contributed by atoms with Gasteiger partial charge in [0.1, 0.15) is 5.75 Å². The van der Waals surface area contributed by atoms with Crippen LogP contribution < -0.4 is 4.74 Å². The van der Waals surface area contributed by atoms with Crippen LogP contribution in [0.1, 0.15) is 23.5 Å². The summed E-state index contributed by atoms with van der Waals surface area (Å²) in [5.74, 6) is -1.22. The minimum Gasteiger partial charge on any atom is -0.493 e. The highest BCUT2D eigenvalue weighted by atomic mass is 19.4. The van der Waals surface area contributed by atoms with Crippen molar-refractivity contribution in [1.82, 2.24) is 0 Å². The number of hydrogen-bond acceptors (Lipinski definition) is 2. The Morgan fingerprint density at radius 2 is 2.18 bits per heavy atom. The number of ether oxygens (including phenoxy) is 1. The van der Waals surface area contributed by atoms with Gasteiger partial charge >= 0.3 is 12.1 Å². The van der Waals surface area contributed by atoms with E-state index in [0.29, 0.717) is 11.3 Å². The highest BCUT2D eigenvalue weighted by Crippen LogP contribution is 2.40. The molecule has 1 aliphatic heterocycles. The van der Waals surface area contributed by atoms with E-state index in [1.807, 2.05) is 0 Å². The van der Waals surface area contributed by atoms with E-state index in [2.05, 4.69) is 0 Å². The van der Waals surface area contributed by atoms with E-state index in [9.17, 15) is 18.0 Å². The maximum Gasteiger partial charge on any atom is 0.416 e. The standard InChI is InChI=1S/C11H9F3O3/c12-11(13,14)7-1-2-9-8(4-7)6(5-17-9)3-10(15)16/h1-2,4,6H,3,5H2,(H,15,16)/t6-/m1/s1. The number of alkyl halides is 3. The minimum absolute atomic E-state index is 0.114. The van der Waals surface area contributed by atoms with E-state index >= 15 is 0 Å². The maximum absolute atomic E-state index is 12.5. The van der Waals surface area contributed by atoms with Crippen molar-refractivity contribution in [3.05, 3.63) is 29.3 Å². The summed E-state index contributed by atoms with van der Waals surface area (Å²) >= 11 is 0. The lowest BCUT2D eigenvalue weighted by Crippen LogP contribution is -2.09. The molecule has 0 spiro atoms. The van der Waals surface area contributed by atoms with E-state index in [1.165, 1.54) is 6.07 Å². The fourth-order valence-electron chi connectivity index (χ4n) is 1.84. The molecular weight excluding hydrogens is 237 g/mol. The third-order valence-corrected chi connectivity index (χ3v) is 2.64. The highest BCUT2D eigenvalue weighted by Gasteiger charge is 2.34. The second kappa shape index (κ2) is 3.94. The molecule has 0 aromatic heterocycles. The average molecular weight is 246 g/mol. The number of benzene rings is 1. The van der Waals surface area contributed by atoms with Crippen molar-refractivity contribution in [1.29, 1.82) is 0 Å². The summed E-state index contributed by atoms with van der Waals surface area (Å²) in [6.45, 7) is 0.114. The van der Waals surface area contributed by atoms with Gasteiger partial charge in [-0.15, -0.1) is 0 Å². The number of halogens is 3. The average Bonchev–Trinajstić information content (AvgIpc) is 2.59. The van der Waals surface area contributed by atoms with Crippen molar-refractivity contribution in [2.75, 3.05) is 6.61 Å². The number of rotatable bonds is 2. The van der Waals surface area contributed by atoms with Crippen molar-refractivity contribution < 1.29 is 27.8 Å². The molecule has 0 amide bonds. The SMILES string of the molecule is O=C(O)C[C@@H]1COc2ccc(C(F)(F)F)cc21. The topological polar surface area (TPSA) is 46.5 Å². The van der Waals surface area contributed by atoms with Gasteiger partial charge in [0.2, 0.25) is 0 Å². The lowest BCUT2D eigenvalue weighted by Gasteiger charge is -2.09. The van der Waals surface area contributed by atoms with Gasteiger partial charge in [-0.05, 0) is 18.2 Å². The Morgan fingerprint density at radius 3 is 2.76 bits per heavy atom. The van der Waals surface area contributed by atoms with Gasteiger partial charge in [-0.25, -0.2) is 0 Å². The van der Waals surface area contributed by atoms with Crippen LogP contribution in [0.25, 0.3) is 0 Å². The summed E-state index contributed by atoms with van der Waals surface area (Å²) in [5.41, 5.74) is -0.459. The van der Waals surface area contributed by atoms with Crippen LogP contribution in [0.4, 0.5) is 13.2 Å². The van der Waals surface area contributed by atoms with Crippen molar-refractivity contribution in [2.45, 2.75) is 18.5 Å². The molecule has 1 aromatic rings. The molecule has 0 radical (unpaired) electrons. The van der Waals surface area contributed by atoms with Crippen LogP contribution in [0.2, 0.25) is 0 Å². The Kier molecular flexibility index (Phi) is 2.73. The van der Waals surface area contributed by atoms with Gasteiger partial charge in [-0.3, -0.25) is 4.79 Å². The fourth-order valence-corrected chi connectivity index (χ4v) is 1.84. The smallest absolute Gasteiger partial charge is 0.416 e. The Hall–Kier alpha value is -1.72. The maximum atomic E-state index is 12.5. The Morgan fingerprint density at radius 1 is 1.47 bits per heavy atom. The summed E-state index contributed by atoms with van der Waals surface area (Å²) in [6, 6.07) is 3.14. The van der Waals surface area contributed by atoms with E-state index in [1.54, 1.807) is 0 Å². The molecule has 0 saturated heterocycles. The number of carboxylic acids is 1. The van der Waals surface area contributed by atoms with Crippen LogP contribution in [0.5, 0.6) is 5.75 Å². The number of fused-ring (bicyclic) bond motifs is 1. The van der Waals surface area contributed by atoms with Crippen molar-refractivity contribution >= 4 is 5.97 Å². The largest absolute Gasteiger partial charge is 0.493 e. The number of carboxylic acid groups (broad SMARTS) is 1. The van der Waals surface area contributed by atoms with Gasteiger partial charge in [-0.2, -0.15) is 13.2 Å². The van der Waals surface area contributed by atoms with E-state index < -0.39 is 23.6 Å². The summed E-state index contributed by atoms with van der Waals surface area (Å²) in [4.78, 5) is 10.6.